The maximum atomic E-state index is 11.2. The fourth-order valence-corrected chi connectivity index (χ4v) is 5.10. The fourth-order valence-electron chi connectivity index (χ4n) is 1.26. The van der Waals surface area contributed by atoms with Gasteiger partial charge in [-0.2, -0.15) is 0 Å². The van der Waals surface area contributed by atoms with Crippen LogP contribution in [0.4, 0.5) is 0 Å². The van der Waals surface area contributed by atoms with Crippen LogP contribution in [-0.4, -0.2) is 28.4 Å². The highest BCUT2D eigenvalue weighted by molar-refractivity contribution is 8.12. The van der Waals surface area contributed by atoms with Gasteiger partial charge in [0.05, 0.1) is 0 Å². The molecule has 0 unspecified atom stereocenters. The molecule has 1 aliphatic carbocycles. The van der Waals surface area contributed by atoms with Crippen LogP contribution in [-0.2, 0) is 29.6 Å². The van der Waals surface area contributed by atoms with Crippen molar-refractivity contribution in [3.05, 3.63) is 22.0 Å². The Morgan fingerprint density at radius 3 is 1.47 bits per heavy atom. The molecule has 1 aliphatic heterocycles. The van der Waals surface area contributed by atoms with Crippen LogP contribution in [0.1, 0.15) is 0 Å². The highest BCUT2D eigenvalue weighted by Gasteiger charge is 2.47. The smallest absolute Gasteiger partial charge is 0.259 e. The van der Waals surface area contributed by atoms with Gasteiger partial charge in [0.15, 0.2) is 21.4 Å². The Labute approximate surface area is 84.6 Å². The first-order valence-electron chi connectivity index (χ1n) is 3.55. The molecule has 0 aromatic heterocycles. The summed E-state index contributed by atoms with van der Waals surface area (Å²) in [4.78, 5) is 20.3. The molecule has 80 valence electrons. The lowest BCUT2D eigenvalue weighted by Gasteiger charge is -2.01. The maximum absolute atomic E-state index is 11.2. The zero-order chi connectivity index (χ0) is 11.4. The van der Waals surface area contributed by atoms with Gasteiger partial charge in [0.25, 0.3) is 20.0 Å². The summed E-state index contributed by atoms with van der Waals surface area (Å²) < 4.78 is 46.1. The second-order valence-corrected chi connectivity index (χ2v) is 6.31. The van der Waals surface area contributed by atoms with Crippen molar-refractivity contribution in [2.24, 2.45) is 0 Å². The molecule has 0 spiro atoms. The molecule has 0 atom stereocenters. The summed E-state index contributed by atoms with van der Waals surface area (Å²) in [7, 11) is -8.83. The van der Waals surface area contributed by atoms with Crippen LogP contribution >= 0.6 is 0 Å². The van der Waals surface area contributed by atoms with Crippen LogP contribution in [0.5, 0.6) is 0 Å². The first-order chi connectivity index (χ1) is 6.76. The summed E-state index contributed by atoms with van der Waals surface area (Å²) in [6, 6.07) is 0. The van der Waals surface area contributed by atoms with E-state index in [2.05, 4.69) is 0 Å². The van der Waals surface area contributed by atoms with E-state index in [9.17, 15) is 26.4 Å². The van der Waals surface area contributed by atoms with Crippen LogP contribution in [0.3, 0.4) is 0 Å². The molecule has 1 N–H and O–H groups in total. The van der Waals surface area contributed by atoms with Crippen molar-refractivity contribution in [3.63, 3.8) is 0 Å². The first-order valence-corrected chi connectivity index (χ1v) is 6.52. The number of rotatable bonds is 0. The minimum absolute atomic E-state index is 0.723. The molecule has 1 heterocycles. The molecule has 2 aliphatic rings. The van der Waals surface area contributed by atoms with E-state index in [1.54, 1.807) is 0 Å². The third kappa shape index (κ3) is 1.28. The second-order valence-electron chi connectivity index (χ2n) is 2.81. The number of hydrogen-bond donors (Lipinski definition) is 1. The lowest BCUT2D eigenvalue weighted by molar-refractivity contribution is -0.114. The van der Waals surface area contributed by atoms with E-state index < -0.39 is 41.4 Å². The minimum Gasteiger partial charge on any atom is -0.288 e. The molecule has 0 amide bonds. The monoisotopic (exact) mass is 249 g/mol. The van der Waals surface area contributed by atoms with Crippen LogP contribution in [0.15, 0.2) is 22.0 Å². The van der Waals surface area contributed by atoms with Gasteiger partial charge in [0, 0.05) is 0 Å². The van der Waals surface area contributed by atoms with Crippen LogP contribution in [0.2, 0.25) is 0 Å². The SMILES string of the molecule is O=C1C=CC(=O)C2=C1S(=O)(=O)NS2(=O)=O. The van der Waals surface area contributed by atoms with E-state index in [0.717, 1.165) is 12.2 Å². The molecule has 9 heteroatoms. The Kier molecular flexibility index (Phi) is 1.78. The van der Waals surface area contributed by atoms with Gasteiger partial charge in [0.2, 0.25) is 0 Å². The molecule has 0 aromatic rings. The predicted molar refractivity (Wildman–Crippen MR) is 47.2 cm³/mol. The van der Waals surface area contributed by atoms with Crippen molar-refractivity contribution in [3.8, 4) is 0 Å². The zero-order valence-electron chi connectivity index (χ0n) is 6.92. The van der Waals surface area contributed by atoms with Gasteiger partial charge in [-0.15, -0.1) is 4.13 Å². The fraction of sp³-hybridized carbons (Fsp3) is 0. The third-order valence-corrected chi connectivity index (χ3v) is 5.57. The quantitative estimate of drug-likeness (QED) is 0.505. The van der Waals surface area contributed by atoms with E-state index >= 15 is 0 Å². The van der Waals surface area contributed by atoms with Crippen LogP contribution in [0, 0.1) is 0 Å². The number of carbonyl (C=O) groups is 2. The number of sulfonamides is 2. The van der Waals surface area contributed by atoms with E-state index in [-0.39, 0.29) is 0 Å². The normalized spacial score (nSPS) is 26.9. The average Bonchev–Trinajstić information content (AvgIpc) is 2.25. The van der Waals surface area contributed by atoms with E-state index in [1.807, 2.05) is 0 Å². The molecule has 0 aromatic carbocycles. The molecule has 0 saturated carbocycles. The minimum atomic E-state index is -4.42. The van der Waals surface area contributed by atoms with Gasteiger partial charge in [-0.05, 0) is 12.2 Å². The van der Waals surface area contributed by atoms with E-state index in [0.29, 0.717) is 0 Å². The highest BCUT2D eigenvalue weighted by Crippen LogP contribution is 2.29. The maximum Gasteiger partial charge on any atom is 0.259 e. The van der Waals surface area contributed by atoms with Gasteiger partial charge in [0.1, 0.15) is 0 Å². The third-order valence-electron chi connectivity index (χ3n) is 1.80. The number of carbonyl (C=O) groups excluding carboxylic acids is 2. The standard InChI is InChI=1S/C6H3NO6S2/c8-3-1-2-4(9)6-5(3)14(10,11)7-15(6,12)13/h1-2,7H. The Morgan fingerprint density at radius 1 is 0.800 bits per heavy atom. The molecular formula is C6H3NO6S2. The van der Waals surface area contributed by atoms with Gasteiger partial charge < -0.3 is 0 Å². The Balaban J connectivity index is 2.91. The van der Waals surface area contributed by atoms with Crippen molar-refractivity contribution in [1.29, 1.82) is 0 Å². The van der Waals surface area contributed by atoms with E-state index in [1.165, 1.54) is 4.13 Å². The van der Waals surface area contributed by atoms with Gasteiger partial charge >= 0.3 is 0 Å². The summed E-state index contributed by atoms with van der Waals surface area (Å²) in [5.41, 5.74) is 0. The van der Waals surface area contributed by atoms with Gasteiger partial charge in [-0.1, -0.05) is 0 Å². The van der Waals surface area contributed by atoms with Crippen molar-refractivity contribution < 1.29 is 26.4 Å². The molecule has 0 bridgehead atoms. The number of hydrogen-bond acceptors (Lipinski definition) is 6. The number of allylic oxidation sites excluding steroid dienone is 4. The lowest BCUT2D eigenvalue weighted by Crippen LogP contribution is -2.24. The lowest BCUT2D eigenvalue weighted by atomic mass is 10.2. The molecule has 0 radical (unpaired) electrons. The molecule has 0 saturated heterocycles. The van der Waals surface area contributed by atoms with Crippen molar-refractivity contribution >= 4 is 31.6 Å². The average molecular weight is 249 g/mol. The Bertz CT molecular complexity index is 592. The first kappa shape index (κ1) is 10.2. The summed E-state index contributed by atoms with van der Waals surface area (Å²) in [5, 5.41) is 0. The van der Waals surface area contributed by atoms with Gasteiger partial charge in [-0.3, -0.25) is 9.59 Å². The topological polar surface area (TPSA) is 114 Å². The second kappa shape index (κ2) is 2.62. The van der Waals surface area contributed by atoms with Gasteiger partial charge in [-0.25, -0.2) is 16.8 Å². The van der Waals surface area contributed by atoms with E-state index in [4.69, 9.17) is 0 Å². The largest absolute Gasteiger partial charge is 0.288 e. The van der Waals surface area contributed by atoms with Crippen LogP contribution in [0.25, 0.3) is 0 Å². The Hall–Kier alpha value is -1.32. The van der Waals surface area contributed by atoms with Crippen LogP contribution < -0.4 is 4.13 Å². The molecule has 15 heavy (non-hydrogen) atoms. The number of nitrogens with one attached hydrogen (secondary N) is 1. The molecule has 2 rings (SSSR count). The zero-order valence-corrected chi connectivity index (χ0v) is 8.55. The molecule has 0 fully saturated rings. The van der Waals surface area contributed by atoms with Crippen molar-refractivity contribution in [1.82, 2.24) is 4.13 Å². The van der Waals surface area contributed by atoms with Crippen molar-refractivity contribution in [2.45, 2.75) is 0 Å². The summed E-state index contributed by atoms with van der Waals surface area (Å²) >= 11 is 0. The predicted octanol–water partition coefficient (Wildman–Crippen LogP) is -1.83. The molecule has 7 nitrogen and oxygen atoms in total. The summed E-state index contributed by atoms with van der Waals surface area (Å²) in [5.74, 6) is -2.03. The molecular weight excluding hydrogens is 246 g/mol. The highest BCUT2D eigenvalue weighted by atomic mass is 32.3. The Morgan fingerprint density at radius 2 is 1.13 bits per heavy atom. The number of ketones is 2. The summed E-state index contributed by atoms with van der Waals surface area (Å²) in [6.07, 6.45) is 1.45. The summed E-state index contributed by atoms with van der Waals surface area (Å²) in [6.45, 7) is 0. The van der Waals surface area contributed by atoms with Crippen molar-refractivity contribution in [2.75, 3.05) is 0 Å².